The zero-order chi connectivity index (χ0) is 13.5. The Balaban J connectivity index is 2.72. The van der Waals surface area contributed by atoms with Gasteiger partial charge in [-0.2, -0.15) is 11.8 Å². The van der Waals surface area contributed by atoms with Crippen molar-refractivity contribution >= 4 is 23.6 Å². The maximum absolute atomic E-state index is 11.7. The smallest absolute Gasteiger partial charge is 0.252 e. The van der Waals surface area contributed by atoms with Gasteiger partial charge in [0.1, 0.15) is 0 Å². The van der Waals surface area contributed by atoms with Gasteiger partial charge in [0, 0.05) is 17.8 Å². The number of aromatic amines is 1. The van der Waals surface area contributed by atoms with E-state index in [0.717, 1.165) is 6.07 Å². The SMILES string of the molecule is CSCC[C@H](NC(=O)c1cc[nH]c(=O)c1)C(=O)[O-]. The maximum atomic E-state index is 11.7. The van der Waals surface area contributed by atoms with Crippen LogP contribution in [0.25, 0.3) is 0 Å². The molecule has 1 aromatic heterocycles. The molecule has 0 saturated heterocycles. The lowest BCUT2D eigenvalue weighted by Gasteiger charge is -2.19. The van der Waals surface area contributed by atoms with Gasteiger partial charge in [0.25, 0.3) is 5.91 Å². The first-order valence-electron chi connectivity index (χ1n) is 5.24. The normalized spacial score (nSPS) is 11.8. The molecule has 1 rings (SSSR count). The van der Waals surface area contributed by atoms with E-state index in [1.54, 1.807) is 0 Å². The van der Waals surface area contributed by atoms with Crippen LogP contribution >= 0.6 is 11.8 Å². The van der Waals surface area contributed by atoms with E-state index < -0.39 is 23.5 Å². The molecule has 1 atom stereocenters. The molecule has 2 N–H and O–H groups in total. The monoisotopic (exact) mass is 269 g/mol. The van der Waals surface area contributed by atoms with Crippen molar-refractivity contribution in [1.82, 2.24) is 10.3 Å². The molecule has 1 aromatic rings. The Labute approximate surface area is 108 Å². The number of nitrogens with one attached hydrogen (secondary N) is 2. The average Bonchev–Trinajstić information content (AvgIpc) is 2.33. The van der Waals surface area contributed by atoms with E-state index >= 15 is 0 Å². The first-order chi connectivity index (χ1) is 8.54. The van der Waals surface area contributed by atoms with E-state index in [-0.39, 0.29) is 12.0 Å². The lowest BCUT2D eigenvalue weighted by atomic mass is 10.2. The summed E-state index contributed by atoms with van der Waals surface area (Å²) < 4.78 is 0. The highest BCUT2D eigenvalue weighted by Crippen LogP contribution is 2.02. The highest BCUT2D eigenvalue weighted by atomic mass is 32.2. The second-order valence-electron chi connectivity index (χ2n) is 3.57. The minimum atomic E-state index is -1.33. The Hall–Kier alpha value is -1.76. The summed E-state index contributed by atoms with van der Waals surface area (Å²) in [5, 5.41) is 13.2. The van der Waals surface area contributed by atoms with Gasteiger partial charge in [0.05, 0.1) is 12.0 Å². The number of aromatic nitrogens is 1. The number of H-pyrrole nitrogens is 1. The van der Waals surface area contributed by atoms with Gasteiger partial charge in [-0.05, 0) is 24.5 Å². The lowest BCUT2D eigenvalue weighted by Crippen LogP contribution is -2.48. The van der Waals surface area contributed by atoms with Crippen LogP contribution in [-0.2, 0) is 4.79 Å². The van der Waals surface area contributed by atoms with E-state index in [9.17, 15) is 19.5 Å². The molecule has 6 nitrogen and oxygen atoms in total. The van der Waals surface area contributed by atoms with Crippen LogP contribution in [0.1, 0.15) is 16.8 Å². The van der Waals surface area contributed by atoms with Gasteiger partial charge >= 0.3 is 0 Å². The van der Waals surface area contributed by atoms with Crippen LogP contribution in [0.4, 0.5) is 0 Å². The average molecular weight is 269 g/mol. The zero-order valence-electron chi connectivity index (χ0n) is 9.76. The van der Waals surface area contributed by atoms with Gasteiger partial charge in [0.2, 0.25) is 5.56 Å². The molecule has 98 valence electrons. The van der Waals surface area contributed by atoms with Crippen LogP contribution in [-0.4, -0.2) is 34.9 Å². The van der Waals surface area contributed by atoms with E-state index in [2.05, 4.69) is 10.3 Å². The zero-order valence-corrected chi connectivity index (χ0v) is 10.6. The van der Waals surface area contributed by atoms with E-state index in [1.165, 1.54) is 24.0 Å². The Kier molecular flexibility index (Phi) is 5.44. The summed E-state index contributed by atoms with van der Waals surface area (Å²) in [6.07, 6.45) is 3.44. The Morgan fingerprint density at radius 2 is 2.28 bits per heavy atom. The minimum absolute atomic E-state index is 0.120. The fourth-order valence-electron chi connectivity index (χ4n) is 1.31. The molecule has 0 saturated carbocycles. The first-order valence-corrected chi connectivity index (χ1v) is 6.63. The molecule has 0 aromatic carbocycles. The van der Waals surface area contributed by atoms with Crippen molar-refractivity contribution in [1.29, 1.82) is 0 Å². The van der Waals surface area contributed by atoms with Crippen molar-refractivity contribution in [2.24, 2.45) is 0 Å². The number of carbonyl (C=O) groups is 2. The number of rotatable bonds is 6. The first kappa shape index (κ1) is 14.3. The van der Waals surface area contributed by atoms with E-state index in [1.807, 2.05) is 6.26 Å². The molecular formula is C11H13N2O4S-. The van der Waals surface area contributed by atoms with Crippen LogP contribution in [0.3, 0.4) is 0 Å². The van der Waals surface area contributed by atoms with E-state index in [4.69, 9.17) is 0 Å². The predicted octanol–water partition coefficient (Wildman–Crippen LogP) is -1.02. The van der Waals surface area contributed by atoms with Crippen molar-refractivity contribution in [2.45, 2.75) is 12.5 Å². The van der Waals surface area contributed by atoms with Crippen LogP contribution in [0, 0.1) is 0 Å². The standard InChI is InChI=1S/C11H14N2O4S/c1-18-5-3-8(11(16)17)13-10(15)7-2-4-12-9(14)6-7/h2,4,6,8H,3,5H2,1H3,(H,12,14)(H,13,15)(H,16,17)/p-1/t8-/m0/s1. The summed E-state index contributed by atoms with van der Waals surface area (Å²) in [5.74, 6) is -1.34. The number of carboxylic acids is 1. The molecular weight excluding hydrogens is 256 g/mol. The van der Waals surface area contributed by atoms with Gasteiger partial charge < -0.3 is 20.2 Å². The number of hydrogen-bond donors (Lipinski definition) is 2. The Morgan fingerprint density at radius 1 is 1.56 bits per heavy atom. The number of carboxylic acid groups (broad SMARTS) is 1. The number of thioether (sulfide) groups is 1. The molecule has 7 heteroatoms. The number of pyridine rings is 1. The molecule has 0 fully saturated rings. The van der Waals surface area contributed by atoms with Crippen molar-refractivity contribution in [3.8, 4) is 0 Å². The fourth-order valence-corrected chi connectivity index (χ4v) is 1.78. The van der Waals surface area contributed by atoms with Crippen LogP contribution < -0.4 is 16.0 Å². The summed E-state index contributed by atoms with van der Waals surface area (Å²) in [6, 6.07) is 1.46. The van der Waals surface area contributed by atoms with Crippen molar-refractivity contribution in [2.75, 3.05) is 12.0 Å². The summed E-state index contributed by atoms with van der Waals surface area (Å²) >= 11 is 1.48. The largest absolute Gasteiger partial charge is 0.548 e. The van der Waals surface area contributed by atoms with Crippen molar-refractivity contribution < 1.29 is 14.7 Å². The number of amides is 1. The molecule has 0 aliphatic heterocycles. The Bertz CT molecular complexity index is 486. The van der Waals surface area contributed by atoms with Crippen LogP contribution in [0.2, 0.25) is 0 Å². The van der Waals surface area contributed by atoms with Gasteiger partial charge in [-0.3, -0.25) is 9.59 Å². The van der Waals surface area contributed by atoms with Gasteiger partial charge in [-0.1, -0.05) is 0 Å². The third kappa shape index (κ3) is 4.25. The molecule has 1 amide bonds. The summed E-state index contributed by atoms with van der Waals surface area (Å²) in [5.41, 5.74) is -0.300. The van der Waals surface area contributed by atoms with Gasteiger partial charge in [-0.15, -0.1) is 0 Å². The third-order valence-electron chi connectivity index (χ3n) is 2.24. The number of aliphatic carboxylic acids is 1. The molecule has 0 unspecified atom stereocenters. The lowest BCUT2D eigenvalue weighted by molar-refractivity contribution is -0.308. The van der Waals surface area contributed by atoms with Crippen molar-refractivity contribution in [3.63, 3.8) is 0 Å². The Morgan fingerprint density at radius 3 is 2.83 bits per heavy atom. The molecule has 0 bridgehead atoms. The summed E-state index contributed by atoms with van der Waals surface area (Å²) in [4.78, 5) is 35.9. The molecule has 0 aliphatic rings. The van der Waals surface area contributed by atoms with Crippen molar-refractivity contribution in [3.05, 3.63) is 34.2 Å². The molecule has 1 heterocycles. The maximum Gasteiger partial charge on any atom is 0.252 e. The highest BCUT2D eigenvalue weighted by molar-refractivity contribution is 7.98. The highest BCUT2D eigenvalue weighted by Gasteiger charge is 2.14. The van der Waals surface area contributed by atoms with Gasteiger partial charge in [-0.25, -0.2) is 0 Å². The third-order valence-corrected chi connectivity index (χ3v) is 2.88. The second-order valence-corrected chi connectivity index (χ2v) is 4.55. The minimum Gasteiger partial charge on any atom is -0.548 e. The predicted molar refractivity (Wildman–Crippen MR) is 66.3 cm³/mol. The summed E-state index contributed by atoms with van der Waals surface area (Å²) in [6.45, 7) is 0. The van der Waals surface area contributed by atoms with Crippen LogP contribution in [0.15, 0.2) is 23.1 Å². The fraction of sp³-hybridized carbons (Fsp3) is 0.364. The second kappa shape index (κ2) is 6.85. The number of hydrogen-bond acceptors (Lipinski definition) is 5. The van der Waals surface area contributed by atoms with Gasteiger partial charge in [0.15, 0.2) is 0 Å². The topological polar surface area (TPSA) is 102 Å². The van der Waals surface area contributed by atoms with Crippen LogP contribution in [0.5, 0.6) is 0 Å². The number of carbonyl (C=O) groups excluding carboxylic acids is 2. The molecule has 0 spiro atoms. The summed E-state index contributed by atoms with van der Waals surface area (Å²) in [7, 11) is 0. The van der Waals surface area contributed by atoms with E-state index in [0.29, 0.717) is 5.75 Å². The molecule has 0 radical (unpaired) electrons. The molecule has 18 heavy (non-hydrogen) atoms. The molecule has 0 aliphatic carbocycles. The quantitative estimate of drug-likeness (QED) is 0.688.